The quantitative estimate of drug-likeness (QED) is 0.832. The standard InChI is InChI=1S/C13H17ClN2OS/c1-16(7-8-4-10(17)5-8)12-3-2-9(13(15)18)6-11(12)14/h2-3,6,8,10,17H,4-5,7H2,1H3,(H2,15,18). The molecule has 0 heterocycles. The molecule has 98 valence electrons. The molecule has 0 spiro atoms. The van der Waals surface area contributed by atoms with Crippen molar-refractivity contribution < 1.29 is 5.11 Å². The number of thiocarbonyl (C=S) groups is 1. The van der Waals surface area contributed by atoms with Gasteiger partial charge in [0.25, 0.3) is 0 Å². The maximum atomic E-state index is 9.28. The Kier molecular flexibility index (Phi) is 4.10. The van der Waals surface area contributed by atoms with Gasteiger partial charge in [0.2, 0.25) is 0 Å². The van der Waals surface area contributed by atoms with Crippen LogP contribution in [0.5, 0.6) is 0 Å². The van der Waals surface area contributed by atoms with Crippen molar-refractivity contribution in [1.82, 2.24) is 0 Å². The van der Waals surface area contributed by atoms with E-state index in [0.717, 1.165) is 30.6 Å². The summed E-state index contributed by atoms with van der Waals surface area (Å²) in [6.07, 6.45) is 1.65. The summed E-state index contributed by atoms with van der Waals surface area (Å²) in [6.45, 7) is 0.906. The molecule has 3 N–H and O–H groups in total. The molecular weight excluding hydrogens is 268 g/mol. The second-order valence-corrected chi connectivity index (χ2v) is 5.75. The number of nitrogens with zero attached hydrogens (tertiary/aromatic N) is 1. The van der Waals surface area contributed by atoms with E-state index in [9.17, 15) is 5.11 Å². The zero-order chi connectivity index (χ0) is 13.3. The first kappa shape index (κ1) is 13.6. The number of anilines is 1. The molecule has 18 heavy (non-hydrogen) atoms. The number of hydrogen-bond acceptors (Lipinski definition) is 3. The third-order valence-electron chi connectivity index (χ3n) is 3.39. The Morgan fingerprint density at radius 1 is 1.56 bits per heavy atom. The second kappa shape index (κ2) is 5.43. The zero-order valence-corrected chi connectivity index (χ0v) is 11.8. The summed E-state index contributed by atoms with van der Waals surface area (Å²) in [6, 6.07) is 5.62. The van der Waals surface area contributed by atoms with Gasteiger partial charge >= 0.3 is 0 Å². The fourth-order valence-electron chi connectivity index (χ4n) is 2.30. The molecule has 5 heteroatoms. The monoisotopic (exact) mass is 284 g/mol. The lowest BCUT2D eigenvalue weighted by atomic mass is 9.82. The molecule has 1 aromatic carbocycles. The number of halogens is 1. The minimum absolute atomic E-state index is 0.115. The molecule has 3 nitrogen and oxygen atoms in total. The van der Waals surface area contributed by atoms with Gasteiger partial charge in [0.05, 0.1) is 16.8 Å². The molecule has 1 aliphatic rings. The van der Waals surface area contributed by atoms with Gasteiger partial charge in [-0.25, -0.2) is 0 Å². The molecule has 0 saturated heterocycles. The molecular formula is C13H17ClN2OS. The zero-order valence-electron chi connectivity index (χ0n) is 10.3. The first-order valence-electron chi connectivity index (χ1n) is 5.96. The molecule has 0 bridgehead atoms. The van der Waals surface area contributed by atoms with Gasteiger partial charge in [-0.1, -0.05) is 23.8 Å². The summed E-state index contributed by atoms with van der Waals surface area (Å²) in [5.41, 5.74) is 7.32. The minimum atomic E-state index is -0.115. The Morgan fingerprint density at radius 3 is 2.72 bits per heavy atom. The number of aliphatic hydroxyl groups excluding tert-OH is 1. The van der Waals surface area contributed by atoms with Gasteiger partial charge in [0, 0.05) is 19.2 Å². The maximum Gasteiger partial charge on any atom is 0.104 e. The van der Waals surface area contributed by atoms with Crippen molar-refractivity contribution in [2.24, 2.45) is 11.7 Å². The van der Waals surface area contributed by atoms with Gasteiger partial charge in [0.1, 0.15) is 4.99 Å². The Labute approximate surface area is 118 Å². The van der Waals surface area contributed by atoms with Crippen molar-refractivity contribution in [3.63, 3.8) is 0 Å². The third kappa shape index (κ3) is 2.94. The van der Waals surface area contributed by atoms with Crippen LogP contribution in [-0.2, 0) is 0 Å². The highest BCUT2D eigenvalue weighted by molar-refractivity contribution is 7.80. The normalized spacial score (nSPS) is 22.4. The molecule has 0 unspecified atom stereocenters. The van der Waals surface area contributed by atoms with Crippen molar-refractivity contribution in [3.05, 3.63) is 28.8 Å². The highest BCUT2D eigenvalue weighted by atomic mass is 35.5. The van der Waals surface area contributed by atoms with Crippen LogP contribution in [0.15, 0.2) is 18.2 Å². The smallest absolute Gasteiger partial charge is 0.104 e. The van der Waals surface area contributed by atoms with E-state index in [1.165, 1.54) is 0 Å². The first-order valence-corrected chi connectivity index (χ1v) is 6.74. The average molecular weight is 285 g/mol. The summed E-state index contributed by atoms with van der Waals surface area (Å²) in [5, 5.41) is 9.94. The number of hydrogen-bond donors (Lipinski definition) is 2. The first-order chi connectivity index (χ1) is 8.47. The molecule has 0 aromatic heterocycles. The van der Waals surface area contributed by atoms with Gasteiger partial charge in [-0.05, 0) is 37.0 Å². The molecule has 0 atom stereocenters. The van der Waals surface area contributed by atoms with Crippen molar-refractivity contribution in [2.75, 3.05) is 18.5 Å². The van der Waals surface area contributed by atoms with Crippen LogP contribution in [0.4, 0.5) is 5.69 Å². The lowest BCUT2D eigenvalue weighted by Crippen LogP contribution is -2.37. The molecule has 1 fully saturated rings. The van der Waals surface area contributed by atoms with E-state index in [1.807, 2.05) is 19.2 Å². The van der Waals surface area contributed by atoms with Crippen molar-refractivity contribution in [2.45, 2.75) is 18.9 Å². The largest absolute Gasteiger partial charge is 0.393 e. The summed E-state index contributed by atoms with van der Waals surface area (Å²) >= 11 is 11.2. The highest BCUT2D eigenvalue weighted by Crippen LogP contribution is 2.31. The van der Waals surface area contributed by atoms with E-state index >= 15 is 0 Å². The molecule has 1 aliphatic carbocycles. The van der Waals surface area contributed by atoms with Crippen LogP contribution < -0.4 is 10.6 Å². The van der Waals surface area contributed by atoms with Crippen LogP contribution in [0, 0.1) is 5.92 Å². The maximum absolute atomic E-state index is 9.28. The van der Waals surface area contributed by atoms with Crippen LogP contribution in [0.2, 0.25) is 5.02 Å². The molecule has 0 radical (unpaired) electrons. The lowest BCUT2D eigenvalue weighted by Gasteiger charge is -2.35. The van der Waals surface area contributed by atoms with Crippen molar-refractivity contribution in [1.29, 1.82) is 0 Å². The predicted octanol–water partition coefficient (Wildman–Crippen LogP) is 2.18. The average Bonchev–Trinajstić information content (AvgIpc) is 2.26. The molecule has 2 rings (SSSR count). The topological polar surface area (TPSA) is 49.5 Å². The van der Waals surface area contributed by atoms with E-state index in [0.29, 0.717) is 15.9 Å². The Balaban J connectivity index is 2.05. The number of nitrogens with two attached hydrogens (primary N) is 1. The SMILES string of the molecule is CN(CC1CC(O)C1)c1ccc(C(N)=S)cc1Cl. The van der Waals surface area contributed by atoms with Gasteiger partial charge in [-0.2, -0.15) is 0 Å². The van der Waals surface area contributed by atoms with Crippen molar-refractivity contribution in [3.8, 4) is 0 Å². The second-order valence-electron chi connectivity index (χ2n) is 4.90. The van der Waals surface area contributed by atoms with Crippen LogP contribution in [0.3, 0.4) is 0 Å². The van der Waals surface area contributed by atoms with Crippen LogP contribution in [-0.4, -0.2) is 29.8 Å². The Morgan fingerprint density at radius 2 is 2.22 bits per heavy atom. The molecule has 0 aliphatic heterocycles. The van der Waals surface area contributed by atoms with Crippen LogP contribution >= 0.6 is 23.8 Å². The number of benzene rings is 1. The van der Waals surface area contributed by atoms with Crippen LogP contribution in [0.25, 0.3) is 0 Å². The number of aliphatic hydroxyl groups is 1. The Bertz CT molecular complexity index is 460. The number of rotatable bonds is 4. The van der Waals surface area contributed by atoms with Crippen molar-refractivity contribution >= 4 is 34.5 Å². The fraction of sp³-hybridized carbons (Fsp3) is 0.462. The van der Waals surface area contributed by atoms with Gasteiger partial charge in [0.15, 0.2) is 0 Å². The summed E-state index contributed by atoms with van der Waals surface area (Å²) in [7, 11) is 2.01. The van der Waals surface area contributed by atoms with Gasteiger partial charge in [-0.15, -0.1) is 0 Å². The molecule has 1 aromatic rings. The minimum Gasteiger partial charge on any atom is -0.393 e. The van der Waals surface area contributed by atoms with E-state index < -0.39 is 0 Å². The summed E-state index contributed by atoms with van der Waals surface area (Å²) in [4.78, 5) is 2.47. The molecule has 0 amide bonds. The van der Waals surface area contributed by atoms with E-state index in [1.54, 1.807) is 6.07 Å². The van der Waals surface area contributed by atoms with E-state index in [-0.39, 0.29) is 6.10 Å². The summed E-state index contributed by atoms with van der Waals surface area (Å²) in [5.74, 6) is 0.552. The lowest BCUT2D eigenvalue weighted by molar-refractivity contribution is 0.0465. The molecule has 1 saturated carbocycles. The van der Waals surface area contributed by atoms with E-state index in [2.05, 4.69) is 4.90 Å². The summed E-state index contributed by atoms with van der Waals surface area (Å²) < 4.78 is 0. The van der Waals surface area contributed by atoms with Gasteiger partial charge < -0.3 is 15.7 Å². The van der Waals surface area contributed by atoms with E-state index in [4.69, 9.17) is 29.6 Å². The predicted molar refractivity (Wildman–Crippen MR) is 79.3 cm³/mol. The van der Waals surface area contributed by atoms with Gasteiger partial charge in [-0.3, -0.25) is 0 Å². The highest BCUT2D eigenvalue weighted by Gasteiger charge is 2.28. The van der Waals surface area contributed by atoms with Crippen LogP contribution in [0.1, 0.15) is 18.4 Å². The third-order valence-corrected chi connectivity index (χ3v) is 3.92. The Hall–Kier alpha value is -0.840. The fourth-order valence-corrected chi connectivity index (χ4v) is 2.76.